The van der Waals surface area contributed by atoms with Gasteiger partial charge in [0, 0.05) is 36.7 Å². The second-order valence-electron chi connectivity index (χ2n) is 9.42. The summed E-state index contributed by atoms with van der Waals surface area (Å²) in [6.07, 6.45) is 7.15. The summed E-state index contributed by atoms with van der Waals surface area (Å²) in [6, 6.07) is 12.4. The smallest absolute Gasteiger partial charge is 0.349 e. The Kier molecular flexibility index (Phi) is 5.55. The molecule has 0 saturated carbocycles. The maximum Gasteiger partial charge on any atom is 0.349 e. The van der Waals surface area contributed by atoms with Gasteiger partial charge in [0.1, 0.15) is 11.9 Å². The van der Waals surface area contributed by atoms with Gasteiger partial charge in [0.15, 0.2) is 0 Å². The van der Waals surface area contributed by atoms with Crippen molar-refractivity contribution in [3.63, 3.8) is 0 Å². The Hall–Kier alpha value is -4.80. The number of hydrogen-bond acceptors (Lipinski definition) is 6. The molecule has 4 unspecified atom stereocenters. The number of aliphatic imine (C=N–C) groups is 1. The molecule has 4 heterocycles. The molecule has 11 heteroatoms. The van der Waals surface area contributed by atoms with Crippen molar-refractivity contribution in [1.82, 2.24) is 24.5 Å². The van der Waals surface area contributed by atoms with Gasteiger partial charge in [0.05, 0.1) is 35.1 Å². The molecule has 0 bridgehead atoms. The molecule has 10 nitrogen and oxygen atoms in total. The van der Waals surface area contributed by atoms with Crippen LogP contribution in [0.3, 0.4) is 0 Å². The molecule has 0 aliphatic carbocycles. The average molecular weight is 514 g/mol. The van der Waals surface area contributed by atoms with E-state index in [-0.39, 0.29) is 11.7 Å². The number of aryl methyl sites for hydroxylation is 1. The number of carbonyl (C=O) groups is 2. The third-order valence-corrected chi connectivity index (χ3v) is 7.10. The first-order chi connectivity index (χ1) is 18.3. The number of nitrogens with zero attached hydrogens (tertiary/aromatic N) is 7. The molecule has 38 heavy (non-hydrogen) atoms. The number of aliphatic carboxylic acids is 1. The molecule has 1 amide bonds. The van der Waals surface area contributed by atoms with E-state index in [2.05, 4.69) is 15.2 Å². The minimum atomic E-state index is -1.15. The molecule has 4 atom stereocenters. The number of aromatic nitrogens is 4. The van der Waals surface area contributed by atoms with Gasteiger partial charge in [-0.05, 0) is 54.6 Å². The highest BCUT2D eigenvalue weighted by atomic mass is 19.1. The summed E-state index contributed by atoms with van der Waals surface area (Å²) in [4.78, 5) is 33.3. The number of allylic oxidation sites excluding steroid dienone is 1. The van der Waals surface area contributed by atoms with Crippen LogP contribution in [0.2, 0.25) is 0 Å². The number of anilines is 1. The standard InChI is InChI=1S/C27H24FN7O3/c1-16-23(33-12-3-11-29-25(33)27(37)38)24(21-10-13-32(2)31-21)34(26(16)36)20-8-9-22-17(14-20)15-30-35(22)19-6-4-18(28)5-7-19/h3-16,23-25H,1-2H3,(H,37,38). The summed E-state index contributed by atoms with van der Waals surface area (Å²) >= 11 is 0. The van der Waals surface area contributed by atoms with Gasteiger partial charge in [-0.15, -0.1) is 0 Å². The minimum Gasteiger partial charge on any atom is -0.478 e. The Labute approximate surface area is 216 Å². The van der Waals surface area contributed by atoms with E-state index in [1.54, 1.807) is 69.9 Å². The van der Waals surface area contributed by atoms with E-state index in [1.165, 1.54) is 18.3 Å². The number of fused-ring (bicyclic) bond motifs is 1. The third-order valence-electron chi connectivity index (χ3n) is 7.10. The van der Waals surface area contributed by atoms with Crippen molar-refractivity contribution in [1.29, 1.82) is 0 Å². The SMILES string of the molecule is CC1C(=O)N(c2ccc3c(cnn3-c3ccc(F)cc3)c2)C(c2ccn(C)n2)C1N1C=CC=NC1C(=O)O. The first-order valence-electron chi connectivity index (χ1n) is 12.1. The van der Waals surface area contributed by atoms with E-state index >= 15 is 0 Å². The lowest BCUT2D eigenvalue weighted by atomic mass is 9.95. The zero-order valence-corrected chi connectivity index (χ0v) is 20.6. The highest BCUT2D eigenvalue weighted by Gasteiger charge is 2.52. The fourth-order valence-electron chi connectivity index (χ4n) is 5.38. The fourth-order valence-corrected chi connectivity index (χ4v) is 5.38. The normalized spacial score (nSPS) is 23.1. The highest BCUT2D eigenvalue weighted by molar-refractivity contribution is 6.01. The summed E-state index contributed by atoms with van der Waals surface area (Å²) < 4.78 is 16.8. The first kappa shape index (κ1) is 23.6. The second kappa shape index (κ2) is 8.94. The van der Waals surface area contributed by atoms with Crippen LogP contribution >= 0.6 is 0 Å². The Morgan fingerprint density at radius 3 is 2.55 bits per heavy atom. The van der Waals surface area contributed by atoms with E-state index in [0.29, 0.717) is 17.1 Å². The highest BCUT2D eigenvalue weighted by Crippen LogP contribution is 2.44. The molecule has 0 spiro atoms. The van der Waals surface area contributed by atoms with Crippen LogP contribution in [-0.2, 0) is 16.6 Å². The zero-order chi connectivity index (χ0) is 26.6. The fraction of sp³-hybridized carbons (Fsp3) is 0.222. The van der Waals surface area contributed by atoms with Crippen molar-refractivity contribution in [3.8, 4) is 5.69 Å². The number of carboxylic acids is 1. The molecule has 6 rings (SSSR count). The largest absolute Gasteiger partial charge is 0.478 e. The Balaban J connectivity index is 1.45. The van der Waals surface area contributed by atoms with Crippen LogP contribution < -0.4 is 4.90 Å². The molecule has 1 N–H and O–H groups in total. The second-order valence-corrected chi connectivity index (χ2v) is 9.42. The molecule has 192 valence electrons. The van der Waals surface area contributed by atoms with Crippen molar-refractivity contribution < 1.29 is 19.1 Å². The van der Waals surface area contributed by atoms with Crippen LogP contribution in [0.4, 0.5) is 10.1 Å². The lowest BCUT2D eigenvalue weighted by Crippen LogP contribution is -2.48. The minimum absolute atomic E-state index is 0.150. The van der Waals surface area contributed by atoms with Gasteiger partial charge >= 0.3 is 5.97 Å². The van der Waals surface area contributed by atoms with E-state index < -0.39 is 30.1 Å². The molecule has 0 radical (unpaired) electrons. The molecule has 2 aromatic heterocycles. The molecule has 2 aliphatic rings. The lowest BCUT2D eigenvalue weighted by molar-refractivity contribution is -0.143. The van der Waals surface area contributed by atoms with E-state index in [0.717, 1.165) is 10.9 Å². The number of benzene rings is 2. The number of carboxylic acid groups (broad SMARTS) is 1. The predicted octanol–water partition coefficient (Wildman–Crippen LogP) is 3.30. The predicted molar refractivity (Wildman–Crippen MR) is 138 cm³/mol. The molecular formula is C27H24FN7O3. The zero-order valence-electron chi connectivity index (χ0n) is 20.6. The Bertz CT molecular complexity index is 1610. The summed E-state index contributed by atoms with van der Waals surface area (Å²) in [5.74, 6) is -2.12. The van der Waals surface area contributed by atoms with Crippen LogP contribution in [0.15, 0.2) is 78.2 Å². The first-order valence-corrected chi connectivity index (χ1v) is 12.1. The Morgan fingerprint density at radius 1 is 1.08 bits per heavy atom. The van der Waals surface area contributed by atoms with E-state index in [9.17, 15) is 19.1 Å². The number of amides is 1. The monoisotopic (exact) mass is 513 g/mol. The molecule has 2 aliphatic heterocycles. The number of rotatable bonds is 5. The van der Waals surface area contributed by atoms with Gasteiger partial charge in [-0.1, -0.05) is 6.92 Å². The number of carbonyl (C=O) groups excluding carboxylic acids is 1. The van der Waals surface area contributed by atoms with Crippen LogP contribution in [-0.4, -0.2) is 59.9 Å². The van der Waals surface area contributed by atoms with Crippen molar-refractivity contribution in [3.05, 3.63) is 84.7 Å². The van der Waals surface area contributed by atoms with Crippen LogP contribution in [0.25, 0.3) is 16.6 Å². The van der Waals surface area contributed by atoms with Gasteiger partial charge in [-0.2, -0.15) is 10.2 Å². The number of hydrogen-bond donors (Lipinski definition) is 1. The number of halogens is 1. The van der Waals surface area contributed by atoms with Gasteiger partial charge in [0.2, 0.25) is 12.1 Å². The van der Waals surface area contributed by atoms with Crippen LogP contribution in [0, 0.1) is 11.7 Å². The van der Waals surface area contributed by atoms with Crippen molar-refractivity contribution in [2.24, 2.45) is 18.0 Å². The maximum atomic E-state index is 13.8. The lowest BCUT2D eigenvalue weighted by Gasteiger charge is -2.37. The molecule has 4 aromatic rings. The van der Waals surface area contributed by atoms with Gasteiger partial charge in [0.25, 0.3) is 0 Å². The van der Waals surface area contributed by atoms with Crippen molar-refractivity contribution in [2.45, 2.75) is 25.2 Å². The molecule has 1 saturated heterocycles. The van der Waals surface area contributed by atoms with Crippen LogP contribution in [0.5, 0.6) is 0 Å². The van der Waals surface area contributed by atoms with Gasteiger partial charge < -0.3 is 14.9 Å². The van der Waals surface area contributed by atoms with Crippen molar-refractivity contribution >= 4 is 34.7 Å². The maximum absolute atomic E-state index is 13.8. The summed E-state index contributed by atoms with van der Waals surface area (Å²) in [5.41, 5.74) is 2.79. The molecule has 2 aromatic carbocycles. The summed E-state index contributed by atoms with van der Waals surface area (Å²) in [5, 5.41) is 19.7. The van der Waals surface area contributed by atoms with Crippen LogP contribution in [0.1, 0.15) is 18.7 Å². The Morgan fingerprint density at radius 2 is 1.84 bits per heavy atom. The van der Waals surface area contributed by atoms with Gasteiger partial charge in [-0.25, -0.2) is 13.9 Å². The quantitative estimate of drug-likeness (QED) is 0.439. The summed E-state index contributed by atoms with van der Waals surface area (Å²) in [6.45, 7) is 1.80. The van der Waals surface area contributed by atoms with E-state index in [1.807, 2.05) is 24.3 Å². The molecular weight excluding hydrogens is 489 g/mol. The average Bonchev–Trinajstić information content (AvgIpc) is 3.60. The topological polar surface area (TPSA) is 109 Å². The summed E-state index contributed by atoms with van der Waals surface area (Å²) in [7, 11) is 1.80. The van der Waals surface area contributed by atoms with Crippen molar-refractivity contribution in [2.75, 3.05) is 4.90 Å². The molecule has 1 fully saturated rings. The van der Waals surface area contributed by atoms with Gasteiger partial charge in [-0.3, -0.25) is 14.5 Å². The van der Waals surface area contributed by atoms with E-state index in [4.69, 9.17) is 0 Å². The third kappa shape index (κ3) is 3.74.